The summed E-state index contributed by atoms with van der Waals surface area (Å²) in [5.74, 6) is -0.847. The Morgan fingerprint density at radius 1 is 1.42 bits per heavy atom. The van der Waals surface area contributed by atoms with E-state index in [-0.39, 0.29) is 11.9 Å². The second-order valence-corrected chi connectivity index (χ2v) is 6.44. The Morgan fingerprint density at radius 3 is 2.68 bits per heavy atom. The van der Waals surface area contributed by atoms with Gasteiger partial charge in [0, 0.05) is 15.7 Å². The van der Waals surface area contributed by atoms with Gasteiger partial charge in [0.15, 0.2) is 0 Å². The smallest absolute Gasteiger partial charge is 0.136 e. The van der Waals surface area contributed by atoms with Gasteiger partial charge in [0.1, 0.15) is 11.6 Å². The van der Waals surface area contributed by atoms with Gasteiger partial charge in [0.25, 0.3) is 0 Å². The van der Waals surface area contributed by atoms with Crippen LogP contribution >= 0.6 is 11.8 Å². The molecule has 0 bridgehead atoms. The van der Waals surface area contributed by atoms with Crippen molar-refractivity contribution in [2.24, 2.45) is 0 Å². The Labute approximate surface area is 117 Å². The summed E-state index contributed by atoms with van der Waals surface area (Å²) in [5.41, 5.74) is -0.398. The highest BCUT2D eigenvalue weighted by Crippen LogP contribution is 2.30. The number of thioether (sulfide) groups is 1. The number of halogens is 2. The highest BCUT2D eigenvalue weighted by molar-refractivity contribution is 8.00. The van der Waals surface area contributed by atoms with Crippen molar-refractivity contribution in [1.82, 2.24) is 5.32 Å². The molecule has 0 aliphatic carbocycles. The van der Waals surface area contributed by atoms with E-state index in [0.717, 1.165) is 18.7 Å². The molecule has 1 rings (SSSR count). The topological polar surface area (TPSA) is 32.3 Å². The lowest BCUT2D eigenvalue weighted by Gasteiger charge is -2.31. The van der Waals surface area contributed by atoms with Crippen molar-refractivity contribution < 1.29 is 13.9 Å². The standard InChI is InChI=1S/C14H21F2NOS/c1-4-17-14(3,9-18)8-10(2)19-13-7-11(15)5-6-12(13)16/h5-7,10,17-18H,4,8-9H2,1-3H3. The quantitative estimate of drug-likeness (QED) is 0.756. The summed E-state index contributed by atoms with van der Waals surface area (Å²) < 4.78 is 26.6. The van der Waals surface area contributed by atoms with Crippen molar-refractivity contribution in [3.63, 3.8) is 0 Å². The molecule has 5 heteroatoms. The summed E-state index contributed by atoms with van der Waals surface area (Å²) >= 11 is 1.29. The number of hydrogen-bond donors (Lipinski definition) is 2. The lowest BCUT2D eigenvalue weighted by molar-refractivity contribution is 0.168. The van der Waals surface area contributed by atoms with Gasteiger partial charge in [0.2, 0.25) is 0 Å². The van der Waals surface area contributed by atoms with Crippen LogP contribution in [0.25, 0.3) is 0 Å². The summed E-state index contributed by atoms with van der Waals surface area (Å²) in [4.78, 5) is 0.310. The van der Waals surface area contributed by atoms with Gasteiger partial charge in [-0.15, -0.1) is 11.8 Å². The minimum Gasteiger partial charge on any atom is -0.394 e. The molecule has 0 saturated heterocycles. The number of hydrogen-bond acceptors (Lipinski definition) is 3. The lowest BCUT2D eigenvalue weighted by atomic mass is 9.97. The van der Waals surface area contributed by atoms with Crippen LogP contribution in [0.3, 0.4) is 0 Å². The van der Waals surface area contributed by atoms with Crippen LogP contribution in [0.2, 0.25) is 0 Å². The van der Waals surface area contributed by atoms with Gasteiger partial charge in [-0.1, -0.05) is 13.8 Å². The maximum absolute atomic E-state index is 13.5. The molecule has 19 heavy (non-hydrogen) atoms. The van der Waals surface area contributed by atoms with Crippen LogP contribution < -0.4 is 5.32 Å². The molecule has 2 atom stereocenters. The predicted molar refractivity (Wildman–Crippen MR) is 75.5 cm³/mol. The van der Waals surface area contributed by atoms with Crippen molar-refractivity contribution in [2.75, 3.05) is 13.2 Å². The molecule has 0 heterocycles. The van der Waals surface area contributed by atoms with E-state index in [4.69, 9.17) is 0 Å². The minimum atomic E-state index is -0.437. The van der Waals surface area contributed by atoms with Crippen LogP contribution in [0, 0.1) is 11.6 Å². The Bertz CT molecular complexity index is 416. The number of nitrogens with one attached hydrogen (secondary N) is 1. The summed E-state index contributed by atoms with van der Waals surface area (Å²) in [6.07, 6.45) is 0.665. The van der Waals surface area contributed by atoms with E-state index in [1.807, 2.05) is 20.8 Å². The maximum atomic E-state index is 13.5. The van der Waals surface area contributed by atoms with Crippen molar-refractivity contribution >= 4 is 11.8 Å². The van der Waals surface area contributed by atoms with Gasteiger partial charge >= 0.3 is 0 Å². The maximum Gasteiger partial charge on any atom is 0.136 e. The molecule has 2 nitrogen and oxygen atoms in total. The highest BCUT2D eigenvalue weighted by atomic mass is 32.2. The summed E-state index contributed by atoms with van der Waals surface area (Å²) in [7, 11) is 0. The molecule has 1 aromatic rings. The molecular weight excluding hydrogens is 268 g/mol. The van der Waals surface area contributed by atoms with Gasteiger partial charge in [-0.2, -0.15) is 0 Å². The average molecular weight is 289 g/mol. The predicted octanol–water partition coefficient (Wildman–Crippen LogP) is 3.20. The molecule has 1 aromatic carbocycles. The first-order valence-electron chi connectivity index (χ1n) is 6.38. The lowest BCUT2D eigenvalue weighted by Crippen LogP contribution is -2.47. The molecule has 2 unspecified atom stereocenters. The van der Waals surface area contributed by atoms with Gasteiger partial charge < -0.3 is 10.4 Å². The first-order chi connectivity index (χ1) is 8.90. The van der Waals surface area contributed by atoms with Crippen LogP contribution in [0.1, 0.15) is 27.2 Å². The number of benzene rings is 1. The summed E-state index contributed by atoms with van der Waals surface area (Å²) in [6, 6.07) is 3.46. The van der Waals surface area contributed by atoms with E-state index in [0.29, 0.717) is 11.3 Å². The van der Waals surface area contributed by atoms with Gasteiger partial charge in [-0.3, -0.25) is 0 Å². The number of aliphatic hydroxyl groups is 1. The fourth-order valence-electron chi connectivity index (χ4n) is 2.08. The van der Waals surface area contributed by atoms with Crippen molar-refractivity contribution in [3.05, 3.63) is 29.8 Å². The Balaban J connectivity index is 2.68. The van der Waals surface area contributed by atoms with Crippen molar-refractivity contribution in [1.29, 1.82) is 0 Å². The molecule has 0 aliphatic rings. The van der Waals surface area contributed by atoms with E-state index in [2.05, 4.69) is 5.32 Å². The number of likely N-dealkylation sites (N-methyl/N-ethyl adjacent to an activating group) is 1. The molecular formula is C14H21F2NOS. The molecule has 0 radical (unpaired) electrons. The molecule has 108 valence electrons. The average Bonchev–Trinajstić information content (AvgIpc) is 2.34. The normalized spacial score (nSPS) is 16.1. The van der Waals surface area contributed by atoms with Gasteiger partial charge in [-0.25, -0.2) is 8.78 Å². The zero-order valence-corrected chi connectivity index (χ0v) is 12.4. The molecule has 0 fully saturated rings. The van der Waals surface area contributed by atoms with Crippen LogP contribution in [0.5, 0.6) is 0 Å². The first kappa shape index (κ1) is 16.4. The highest BCUT2D eigenvalue weighted by Gasteiger charge is 2.25. The van der Waals surface area contributed by atoms with Crippen LogP contribution in [-0.2, 0) is 0 Å². The minimum absolute atomic E-state index is 0.0113. The SMILES string of the molecule is CCNC(C)(CO)CC(C)Sc1cc(F)ccc1F. The van der Waals surface area contributed by atoms with E-state index in [1.54, 1.807) is 0 Å². The fraction of sp³-hybridized carbons (Fsp3) is 0.571. The number of rotatable bonds is 7. The van der Waals surface area contributed by atoms with Crippen molar-refractivity contribution in [3.8, 4) is 0 Å². The molecule has 0 amide bonds. The molecule has 0 aromatic heterocycles. The fourth-order valence-corrected chi connectivity index (χ4v) is 3.33. The number of aliphatic hydroxyl groups excluding tert-OH is 1. The van der Waals surface area contributed by atoms with Crippen molar-refractivity contribution in [2.45, 2.75) is 42.9 Å². The Kier molecular flexibility index (Phi) is 6.23. The van der Waals surface area contributed by atoms with Gasteiger partial charge in [0.05, 0.1) is 6.61 Å². The Hall–Kier alpha value is -0.650. The molecule has 0 spiro atoms. The second kappa shape index (κ2) is 7.22. The zero-order chi connectivity index (χ0) is 14.5. The molecule has 2 N–H and O–H groups in total. The Morgan fingerprint density at radius 2 is 2.11 bits per heavy atom. The third-order valence-electron chi connectivity index (χ3n) is 2.91. The third kappa shape index (κ3) is 5.09. The summed E-state index contributed by atoms with van der Waals surface area (Å²) in [5, 5.41) is 12.7. The van der Waals surface area contributed by atoms with E-state index < -0.39 is 17.2 Å². The molecule has 0 aliphatic heterocycles. The largest absolute Gasteiger partial charge is 0.394 e. The van der Waals surface area contributed by atoms with Crippen LogP contribution in [0.4, 0.5) is 8.78 Å². The van der Waals surface area contributed by atoms with E-state index in [1.165, 1.54) is 17.8 Å². The summed E-state index contributed by atoms with van der Waals surface area (Å²) in [6.45, 7) is 6.61. The van der Waals surface area contributed by atoms with E-state index >= 15 is 0 Å². The first-order valence-corrected chi connectivity index (χ1v) is 7.26. The van der Waals surface area contributed by atoms with Crippen LogP contribution in [0.15, 0.2) is 23.1 Å². The zero-order valence-electron chi connectivity index (χ0n) is 11.5. The van der Waals surface area contributed by atoms with E-state index in [9.17, 15) is 13.9 Å². The van der Waals surface area contributed by atoms with Gasteiger partial charge in [-0.05, 0) is 38.1 Å². The second-order valence-electron chi connectivity index (χ2n) is 4.96. The van der Waals surface area contributed by atoms with Crippen LogP contribution in [-0.4, -0.2) is 29.0 Å². The third-order valence-corrected chi connectivity index (χ3v) is 4.05. The monoisotopic (exact) mass is 289 g/mol. The molecule has 0 saturated carbocycles.